The summed E-state index contributed by atoms with van der Waals surface area (Å²) in [5.74, 6) is 1.49. The van der Waals surface area contributed by atoms with Gasteiger partial charge in [-0.05, 0) is 80.0 Å². The van der Waals surface area contributed by atoms with E-state index in [-0.39, 0.29) is 0 Å². The largest absolute Gasteiger partial charge is 0.497 e. The van der Waals surface area contributed by atoms with Crippen molar-refractivity contribution in [3.8, 4) is 5.75 Å². The van der Waals surface area contributed by atoms with E-state index >= 15 is 0 Å². The van der Waals surface area contributed by atoms with Crippen molar-refractivity contribution in [3.05, 3.63) is 75.0 Å². The Kier molecular flexibility index (Phi) is 8.98. The number of thioether (sulfide) groups is 1. The Morgan fingerprint density at radius 2 is 1.77 bits per heavy atom. The summed E-state index contributed by atoms with van der Waals surface area (Å²) in [6.07, 6.45) is 4.35. The van der Waals surface area contributed by atoms with Crippen LogP contribution in [0.1, 0.15) is 65.8 Å². The van der Waals surface area contributed by atoms with Gasteiger partial charge in [0.15, 0.2) is 5.69 Å². The van der Waals surface area contributed by atoms with Gasteiger partial charge in [-0.15, -0.1) is 5.10 Å². The first-order valence-electron chi connectivity index (χ1n) is 11.8. The van der Waals surface area contributed by atoms with Crippen molar-refractivity contribution in [1.29, 1.82) is 0 Å². The van der Waals surface area contributed by atoms with Crippen molar-refractivity contribution in [3.63, 3.8) is 0 Å². The first-order chi connectivity index (χ1) is 17.0. The summed E-state index contributed by atoms with van der Waals surface area (Å²) in [5.41, 5.74) is 3.37. The fourth-order valence-corrected chi connectivity index (χ4v) is 6.26. The maximum atomic E-state index is 12.5. The molecule has 186 valence electrons. The third-order valence-corrected chi connectivity index (χ3v) is 8.10. The van der Waals surface area contributed by atoms with Crippen molar-refractivity contribution in [2.75, 3.05) is 13.7 Å². The molecule has 0 aliphatic heterocycles. The van der Waals surface area contributed by atoms with Crippen molar-refractivity contribution in [1.82, 2.24) is 15.0 Å². The molecule has 1 heterocycles. The molecule has 6 nitrogen and oxygen atoms in total. The molecule has 0 radical (unpaired) electrons. The van der Waals surface area contributed by atoms with E-state index in [4.69, 9.17) is 32.7 Å². The number of hydrogen-bond acceptors (Lipinski definition) is 6. The zero-order valence-electron chi connectivity index (χ0n) is 19.9. The molecular formula is C26H29Cl2N3O3S. The number of ether oxygens (including phenoxy) is 2. The third kappa shape index (κ3) is 6.72. The van der Waals surface area contributed by atoms with Crippen LogP contribution in [-0.2, 0) is 17.0 Å². The highest BCUT2D eigenvalue weighted by atomic mass is 35.5. The smallest absolute Gasteiger partial charge is 0.360 e. The number of carbonyl (C=O) groups is 1. The minimum Gasteiger partial charge on any atom is -0.497 e. The molecule has 0 spiro atoms. The Morgan fingerprint density at radius 1 is 1.09 bits per heavy atom. The van der Waals surface area contributed by atoms with Crippen molar-refractivity contribution >= 4 is 40.9 Å². The van der Waals surface area contributed by atoms with Crippen LogP contribution in [0, 0.1) is 0 Å². The number of esters is 1. The van der Waals surface area contributed by atoms with Crippen LogP contribution in [0.2, 0.25) is 10.0 Å². The molecule has 0 bridgehead atoms. The fraction of sp³-hybridized carbons (Fsp3) is 0.423. The van der Waals surface area contributed by atoms with Gasteiger partial charge in [0.25, 0.3) is 0 Å². The van der Waals surface area contributed by atoms with E-state index in [1.54, 1.807) is 24.8 Å². The maximum absolute atomic E-state index is 12.5. The lowest BCUT2D eigenvalue weighted by Gasteiger charge is -2.28. The van der Waals surface area contributed by atoms with Gasteiger partial charge in [0.05, 0.1) is 26.0 Å². The fourth-order valence-electron chi connectivity index (χ4n) is 4.44. The molecule has 1 aliphatic carbocycles. The Hall–Kier alpha value is -2.22. The molecule has 9 heteroatoms. The summed E-state index contributed by atoms with van der Waals surface area (Å²) in [4.78, 5) is 12.5. The van der Waals surface area contributed by atoms with Gasteiger partial charge in [0.2, 0.25) is 0 Å². The molecule has 35 heavy (non-hydrogen) atoms. The summed E-state index contributed by atoms with van der Waals surface area (Å²) in [6, 6.07) is 13.6. The second kappa shape index (κ2) is 12.2. The lowest BCUT2D eigenvalue weighted by Crippen LogP contribution is -2.17. The van der Waals surface area contributed by atoms with Crippen LogP contribution in [0.15, 0.2) is 42.5 Å². The second-order valence-electron chi connectivity index (χ2n) is 8.60. The number of rotatable bonds is 9. The molecule has 2 aromatic carbocycles. The molecule has 0 saturated heterocycles. The van der Waals surface area contributed by atoms with Crippen molar-refractivity contribution < 1.29 is 14.3 Å². The molecule has 1 aromatic heterocycles. The van der Waals surface area contributed by atoms with E-state index in [0.29, 0.717) is 45.8 Å². The minimum absolute atomic E-state index is 0.300. The molecule has 3 aromatic rings. The van der Waals surface area contributed by atoms with Crippen molar-refractivity contribution in [2.45, 2.75) is 56.1 Å². The van der Waals surface area contributed by atoms with Gasteiger partial charge >= 0.3 is 5.97 Å². The third-order valence-electron chi connectivity index (χ3n) is 6.28. The number of carbonyl (C=O) groups excluding carboxylic acids is 1. The predicted octanol–water partition coefficient (Wildman–Crippen LogP) is 6.78. The minimum atomic E-state index is -0.425. The topological polar surface area (TPSA) is 66.2 Å². The summed E-state index contributed by atoms with van der Waals surface area (Å²) in [5, 5.41) is 10.3. The zero-order valence-corrected chi connectivity index (χ0v) is 22.2. The van der Waals surface area contributed by atoms with Gasteiger partial charge in [0, 0.05) is 21.0 Å². The van der Waals surface area contributed by atoms with Gasteiger partial charge in [-0.3, -0.25) is 0 Å². The van der Waals surface area contributed by atoms with E-state index in [1.807, 2.05) is 48.2 Å². The number of methoxy groups -OCH3 is 1. The van der Waals surface area contributed by atoms with E-state index in [0.717, 1.165) is 42.7 Å². The highest BCUT2D eigenvalue weighted by Crippen LogP contribution is 2.40. The van der Waals surface area contributed by atoms with Crippen molar-refractivity contribution in [2.24, 2.45) is 0 Å². The summed E-state index contributed by atoms with van der Waals surface area (Å²) in [6.45, 7) is 2.61. The van der Waals surface area contributed by atoms with Gasteiger partial charge in [-0.1, -0.05) is 40.5 Å². The van der Waals surface area contributed by atoms with E-state index in [9.17, 15) is 4.79 Å². The SMILES string of the molecule is CCOC(=O)c1nnn(Cc2ccc(OC)cc2)c1CSC1CCC(c2cc(Cl)cc(Cl)c2)CC1. The average Bonchev–Trinajstić information content (AvgIpc) is 3.25. The van der Waals surface area contributed by atoms with Crippen LogP contribution in [0.5, 0.6) is 5.75 Å². The number of aromatic nitrogens is 3. The number of nitrogens with zero attached hydrogens (tertiary/aromatic N) is 3. The molecule has 0 amide bonds. The number of benzene rings is 2. The summed E-state index contributed by atoms with van der Waals surface area (Å²) >= 11 is 14.3. The molecule has 0 N–H and O–H groups in total. The Balaban J connectivity index is 1.42. The summed E-state index contributed by atoms with van der Waals surface area (Å²) in [7, 11) is 1.64. The lowest BCUT2D eigenvalue weighted by molar-refractivity contribution is 0.0518. The van der Waals surface area contributed by atoms with Crippen LogP contribution in [0.3, 0.4) is 0 Å². The highest BCUT2D eigenvalue weighted by molar-refractivity contribution is 7.99. The van der Waals surface area contributed by atoms with Gasteiger partial charge in [-0.2, -0.15) is 11.8 Å². The summed E-state index contributed by atoms with van der Waals surface area (Å²) < 4.78 is 12.3. The van der Waals surface area contributed by atoms with Gasteiger partial charge < -0.3 is 9.47 Å². The highest BCUT2D eigenvalue weighted by Gasteiger charge is 2.26. The van der Waals surface area contributed by atoms with Crippen LogP contribution >= 0.6 is 35.0 Å². The predicted molar refractivity (Wildman–Crippen MR) is 141 cm³/mol. The first-order valence-corrected chi connectivity index (χ1v) is 13.6. The first kappa shape index (κ1) is 25.9. The Labute approximate surface area is 220 Å². The number of halogens is 2. The molecule has 1 aliphatic rings. The maximum Gasteiger partial charge on any atom is 0.360 e. The standard InChI is InChI=1S/C26H29Cl2N3O3S/c1-3-34-26(32)25-24(31(30-29-25)15-17-4-8-22(33-2)9-5-17)16-35-23-10-6-18(7-11-23)19-12-20(27)14-21(28)13-19/h4-5,8-9,12-14,18,23H,3,6-7,10-11,15-16H2,1-2H3. The lowest BCUT2D eigenvalue weighted by atomic mass is 9.84. The van der Waals surface area contributed by atoms with Crippen LogP contribution in [-0.4, -0.2) is 39.9 Å². The zero-order chi connectivity index (χ0) is 24.8. The second-order valence-corrected chi connectivity index (χ2v) is 10.8. The van der Waals surface area contributed by atoms with E-state index in [1.165, 1.54) is 5.56 Å². The molecule has 0 atom stereocenters. The molecular weight excluding hydrogens is 505 g/mol. The van der Waals surface area contributed by atoms with E-state index < -0.39 is 5.97 Å². The molecule has 1 fully saturated rings. The average molecular weight is 535 g/mol. The normalized spacial score (nSPS) is 17.8. The Morgan fingerprint density at radius 3 is 2.40 bits per heavy atom. The Bertz CT molecular complexity index is 1120. The van der Waals surface area contributed by atoms with Crippen LogP contribution in [0.4, 0.5) is 0 Å². The van der Waals surface area contributed by atoms with Gasteiger partial charge in [-0.25, -0.2) is 9.48 Å². The van der Waals surface area contributed by atoms with E-state index in [2.05, 4.69) is 10.3 Å². The molecule has 0 unspecified atom stereocenters. The monoisotopic (exact) mass is 533 g/mol. The molecule has 1 saturated carbocycles. The van der Waals surface area contributed by atoms with Crippen LogP contribution in [0.25, 0.3) is 0 Å². The quantitative estimate of drug-likeness (QED) is 0.282. The van der Waals surface area contributed by atoms with Gasteiger partial charge in [0.1, 0.15) is 5.75 Å². The number of hydrogen-bond donors (Lipinski definition) is 0. The van der Waals surface area contributed by atoms with Crippen LogP contribution < -0.4 is 4.74 Å². The molecule has 4 rings (SSSR count).